The van der Waals surface area contributed by atoms with Gasteiger partial charge in [-0.2, -0.15) is 5.06 Å². The molecule has 0 aliphatic rings. The first-order valence-electron chi connectivity index (χ1n) is 6.58. The van der Waals surface area contributed by atoms with Crippen LogP contribution in [0.5, 0.6) is 5.75 Å². The molecule has 110 valence electrons. The summed E-state index contributed by atoms with van der Waals surface area (Å²) in [6, 6.07) is 15.9. The normalized spacial score (nSPS) is 10.6. The van der Waals surface area contributed by atoms with E-state index in [4.69, 9.17) is 15.1 Å². The van der Waals surface area contributed by atoms with Crippen LogP contribution < -0.4 is 4.74 Å². The Morgan fingerprint density at radius 2 is 1.76 bits per heavy atom. The first kappa shape index (κ1) is 15.2. The number of ether oxygens (including phenoxy) is 1. The van der Waals surface area contributed by atoms with Crippen molar-refractivity contribution in [1.82, 2.24) is 5.06 Å². The summed E-state index contributed by atoms with van der Waals surface area (Å²) in [5, 5.41) is 18.5. The van der Waals surface area contributed by atoms with Crippen molar-refractivity contribution in [2.24, 2.45) is 0 Å². The number of carbonyl (C=O) groups excluding carboxylic acids is 1. The zero-order valence-electron chi connectivity index (χ0n) is 11.5. The summed E-state index contributed by atoms with van der Waals surface area (Å²) in [4.78, 5) is 12.3. The van der Waals surface area contributed by atoms with E-state index in [1.807, 2.05) is 18.2 Å². The summed E-state index contributed by atoms with van der Waals surface area (Å²) < 4.78 is 5.44. The topological polar surface area (TPSA) is 70.0 Å². The largest absolute Gasteiger partial charge is 0.492 e. The van der Waals surface area contributed by atoms with E-state index >= 15 is 0 Å². The molecule has 0 saturated heterocycles. The van der Waals surface area contributed by atoms with E-state index in [-0.39, 0.29) is 18.9 Å². The third kappa shape index (κ3) is 4.39. The van der Waals surface area contributed by atoms with Crippen molar-refractivity contribution in [3.63, 3.8) is 0 Å². The second-order valence-corrected chi connectivity index (χ2v) is 4.44. The van der Waals surface area contributed by atoms with E-state index in [2.05, 4.69) is 0 Å². The van der Waals surface area contributed by atoms with Crippen LogP contribution in [0.4, 0.5) is 0 Å². The third-order valence-corrected chi connectivity index (χ3v) is 2.91. The molecule has 5 heteroatoms. The molecule has 0 fully saturated rings. The predicted octanol–water partition coefficient (Wildman–Crippen LogP) is 1.94. The van der Waals surface area contributed by atoms with Crippen LogP contribution in [-0.4, -0.2) is 41.0 Å². The van der Waals surface area contributed by atoms with Gasteiger partial charge in [0, 0.05) is 11.1 Å². The van der Waals surface area contributed by atoms with Gasteiger partial charge in [-0.05, 0) is 12.1 Å². The maximum atomic E-state index is 12.3. The molecule has 5 nitrogen and oxygen atoms in total. The average molecular weight is 287 g/mol. The molecule has 0 aromatic heterocycles. The highest BCUT2D eigenvalue weighted by Gasteiger charge is 2.09. The number of aliphatic hydroxyl groups excluding tert-OH is 1. The van der Waals surface area contributed by atoms with Gasteiger partial charge in [0.2, 0.25) is 0 Å². The van der Waals surface area contributed by atoms with Crippen LogP contribution >= 0.6 is 0 Å². The van der Waals surface area contributed by atoms with Crippen LogP contribution in [0.25, 0.3) is 0 Å². The molecular weight excluding hydrogens is 270 g/mol. The number of benzene rings is 2. The lowest BCUT2D eigenvalue weighted by Crippen LogP contribution is -2.25. The van der Waals surface area contributed by atoms with Crippen molar-refractivity contribution < 1.29 is 19.8 Å². The summed E-state index contributed by atoms with van der Waals surface area (Å²) in [6.07, 6.45) is 0. The van der Waals surface area contributed by atoms with Crippen molar-refractivity contribution in [2.75, 3.05) is 19.9 Å². The molecule has 0 bridgehead atoms. The summed E-state index contributed by atoms with van der Waals surface area (Å²) in [7, 11) is 0. The van der Waals surface area contributed by atoms with E-state index < -0.39 is 6.73 Å². The van der Waals surface area contributed by atoms with Gasteiger partial charge in [0.25, 0.3) is 0 Å². The maximum Gasteiger partial charge on any atom is 0.193 e. The Morgan fingerprint density at radius 3 is 2.48 bits per heavy atom. The minimum atomic E-state index is -0.449. The van der Waals surface area contributed by atoms with Gasteiger partial charge in [-0.1, -0.05) is 42.5 Å². The number of hydrogen-bond donors (Lipinski definition) is 2. The second-order valence-electron chi connectivity index (χ2n) is 4.44. The first-order chi connectivity index (χ1) is 10.2. The molecule has 2 aromatic rings. The number of carbonyl (C=O) groups is 1. The SMILES string of the molecule is O=C(c1ccccc1)c1cccc(OCCN(O)CO)c1. The van der Waals surface area contributed by atoms with E-state index in [1.54, 1.807) is 36.4 Å². The van der Waals surface area contributed by atoms with Gasteiger partial charge in [0.15, 0.2) is 5.78 Å². The molecule has 0 saturated carbocycles. The summed E-state index contributed by atoms with van der Waals surface area (Å²) in [5.41, 5.74) is 1.16. The monoisotopic (exact) mass is 287 g/mol. The quantitative estimate of drug-likeness (QED) is 0.462. The minimum absolute atomic E-state index is 0.0693. The van der Waals surface area contributed by atoms with Gasteiger partial charge in [-0.15, -0.1) is 0 Å². The molecule has 0 unspecified atom stereocenters. The summed E-state index contributed by atoms with van der Waals surface area (Å²) in [5.74, 6) is 0.475. The third-order valence-electron chi connectivity index (χ3n) is 2.91. The zero-order chi connectivity index (χ0) is 15.1. The van der Waals surface area contributed by atoms with Gasteiger partial charge in [-0.3, -0.25) is 4.79 Å². The van der Waals surface area contributed by atoms with Crippen molar-refractivity contribution in [3.05, 3.63) is 65.7 Å². The molecule has 0 amide bonds. The molecule has 2 aromatic carbocycles. The van der Waals surface area contributed by atoms with Crippen molar-refractivity contribution in [1.29, 1.82) is 0 Å². The number of hydroxylamine groups is 2. The van der Waals surface area contributed by atoms with Crippen LogP contribution in [0.15, 0.2) is 54.6 Å². The maximum absolute atomic E-state index is 12.3. The van der Waals surface area contributed by atoms with E-state index in [9.17, 15) is 4.79 Å². The number of hydrogen-bond acceptors (Lipinski definition) is 5. The summed E-state index contributed by atoms with van der Waals surface area (Å²) >= 11 is 0. The van der Waals surface area contributed by atoms with Crippen LogP contribution in [-0.2, 0) is 0 Å². The predicted molar refractivity (Wildman–Crippen MR) is 77.4 cm³/mol. The fourth-order valence-corrected chi connectivity index (χ4v) is 1.82. The van der Waals surface area contributed by atoms with Gasteiger partial charge < -0.3 is 15.1 Å². The Labute approximate surface area is 123 Å². The molecule has 2 N–H and O–H groups in total. The Morgan fingerprint density at radius 1 is 1.05 bits per heavy atom. The Kier molecular flexibility index (Phi) is 5.45. The van der Waals surface area contributed by atoms with Crippen molar-refractivity contribution >= 4 is 5.78 Å². The summed E-state index contributed by atoms with van der Waals surface area (Å²) in [6.45, 7) is -0.0662. The van der Waals surface area contributed by atoms with Gasteiger partial charge >= 0.3 is 0 Å². The Balaban J connectivity index is 2.02. The van der Waals surface area contributed by atoms with E-state index in [0.717, 1.165) is 5.06 Å². The van der Waals surface area contributed by atoms with E-state index in [0.29, 0.717) is 16.9 Å². The number of rotatable bonds is 7. The number of aliphatic hydroxyl groups is 1. The molecule has 0 atom stereocenters. The zero-order valence-corrected chi connectivity index (χ0v) is 11.5. The van der Waals surface area contributed by atoms with Gasteiger partial charge in [0.1, 0.15) is 19.1 Å². The van der Waals surface area contributed by atoms with Gasteiger partial charge in [0.05, 0.1) is 6.54 Å². The highest BCUT2D eigenvalue weighted by molar-refractivity contribution is 6.09. The highest BCUT2D eigenvalue weighted by Crippen LogP contribution is 2.16. The lowest BCUT2D eigenvalue weighted by molar-refractivity contribution is -0.146. The molecule has 0 radical (unpaired) electrons. The second kappa shape index (κ2) is 7.54. The molecule has 21 heavy (non-hydrogen) atoms. The smallest absolute Gasteiger partial charge is 0.193 e. The Bertz CT molecular complexity index is 586. The number of ketones is 1. The standard InChI is InChI=1S/C16H17NO4/c18-12-17(20)9-10-21-15-8-4-7-14(11-15)16(19)13-5-2-1-3-6-13/h1-8,11,18,20H,9-10,12H2. The van der Waals surface area contributed by atoms with Crippen LogP contribution in [0, 0.1) is 0 Å². The molecular formula is C16H17NO4. The number of nitrogens with zero attached hydrogens (tertiary/aromatic N) is 1. The van der Waals surface area contributed by atoms with Crippen LogP contribution in [0.2, 0.25) is 0 Å². The van der Waals surface area contributed by atoms with Crippen molar-refractivity contribution in [2.45, 2.75) is 0 Å². The molecule has 0 aliphatic carbocycles. The fraction of sp³-hybridized carbons (Fsp3) is 0.188. The van der Waals surface area contributed by atoms with Gasteiger partial charge in [-0.25, -0.2) is 0 Å². The van der Waals surface area contributed by atoms with Crippen molar-refractivity contribution in [3.8, 4) is 5.75 Å². The molecule has 0 spiro atoms. The average Bonchev–Trinajstić information content (AvgIpc) is 2.55. The van der Waals surface area contributed by atoms with Crippen LogP contribution in [0.1, 0.15) is 15.9 Å². The Hall–Kier alpha value is -2.21. The minimum Gasteiger partial charge on any atom is -0.492 e. The first-order valence-corrected chi connectivity index (χ1v) is 6.58. The fourth-order valence-electron chi connectivity index (χ4n) is 1.82. The lowest BCUT2D eigenvalue weighted by Gasteiger charge is -2.12. The van der Waals surface area contributed by atoms with Crippen LogP contribution in [0.3, 0.4) is 0 Å². The highest BCUT2D eigenvalue weighted by atomic mass is 16.5. The molecule has 2 rings (SSSR count). The lowest BCUT2D eigenvalue weighted by atomic mass is 10.0. The molecule has 0 heterocycles. The van der Waals surface area contributed by atoms with E-state index in [1.165, 1.54) is 0 Å². The molecule has 0 aliphatic heterocycles.